The van der Waals surface area contributed by atoms with Crippen molar-refractivity contribution in [3.63, 3.8) is 0 Å². The Balaban J connectivity index is 2.09. The number of rotatable bonds is 2. The second kappa shape index (κ2) is 4.75. The zero-order valence-corrected chi connectivity index (χ0v) is 7.30. The molecule has 1 heterocycles. The van der Waals surface area contributed by atoms with Crippen LogP contribution in [0.5, 0.6) is 0 Å². The highest BCUT2D eigenvalue weighted by molar-refractivity contribution is 8.06. The standard InChI is InChI=1S/C6H10N2S2/c7-5-8-3-6-4-9-1-2-10-6/h6,8H,1-4H2. The lowest BCUT2D eigenvalue weighted by Crippen LogP contribution is -2.25. The lowest BCUT2D eigenvalue weighted by Gasteiger charge is -2.19. The normalized spacial score (nSPS) is 25.3. The summed E-state index contributed by atoms with van der Waals surface area (Å²) < 4.78 is 0. The summed E-state index contributed by atoms with van der Waals surface area (Å²) in [5, 5.41) is 11.6. The monoisotopic (exact) mass is 174 g/mol. The molecule has 4 heteroatoms. The quantitative estimate of drug-likeness (QED) is 0.498. The number of thioether (sulfide) groups is 2. The third-order valence-corrected chi connectivity index (χ3v) is 4.14. The molecular formula is C6H10N2S2. The molecule has 0 saturated carbocycles. The van der Waals surface area contributed by atoms with Crippen LogP contribution in [0.4, 0.5) is 0 Å². The zero-order chi connectivity index (χ0) is 7.23. The molecule has 0 spiro atoms. The SMILES string of the molecule is N#CNCC1CSCCS1. The van der Waals surface area contributed by atoms with Gasteiger partial charge >= 0.3 is 0 Å². The molecule has 0 aliphatic carbocycles. The van der Waals surface area contributed by atoms with Crippen LogP contribution in [-0.2, 0) is 0 Å². The van der Waals surface area contributed by atoms with Crippen molar-refractivity contribution in [2.75, 3.05) is 23.8 Å². The zero-order valence-electron chi connectivity index (χ0n) is 5.67. The van der Waals surface area contributed by atoms with Gasteiger partial charge in [0.25, 0.3) is 0 Å². The van der Waals surface area contributed by atoms with Gasteiger partial charge in [0.2, 0.25) is 0 Å². The van der Waals surface area contributed by atoms with Crippen LogP contribution in [0, 0.1) is 11.5 Å². The fourth-order valence-electron chi connectivity index (χ4n) is 0.814. The Morgan fingerprint density at radius 1 is 1.60 bits per heavy atom. The maximum absolute atomic E-state index is 8.22. The molecule has 1 aliphatic heterocycles. The van der Waals surface area contributed by atoms with E-state index in [1.54, 1.807) is 0 Å². The summed E-state index contributed by atoms with van der Waals surface area (Å²) in [5.74, 6) is 3.70. The van der Waals surface area contributed by atoms with Gasteiger partial charge in [0.1, 0.15) is 0 Å². The average Bonchev–Trinajstić information content (AvgIpc) is 2.03. The third-order valence-electron chi connectivity index (χ3n) is 1.29. The van der Waals surface area contributed by atoms with Gasteiger partial charge in [-0.25, -0.2) is 0 Å². The summed E-state index contributed by atoms with van der Waals surface area (Å²) in [4.78, 5) is 0. The van der Waals surface area contributed by atoms with Crippen molar-refractivity contribution >= 4 is 23.5 Å². The molecule has 10 heavy (non-hydrogen) atoms. The molecule has 0 aromatic heterocycles. The Morgan fingerprint density at radius 3 is 3.10 bits per heavy atom. The Morgan fingerprint density at radius 2 is 2.50 bits per heavy atom. The van der Waals surface area contributed by atoms with Crippen molar-refractivity contribution in [2.45, 2.75) is 5.25 Å². The fourth-order valence-corrected chi connectivity index (χ4v) is 3.43. The highest BCUT2D eigenvalue weighted by atomic mass is 32.2. The van der Waals surface area contributed by atoms with Crippen LogP contribution in [0.3, 0.4) is 0 Å². The van der Waals surface area contributed by atoms with E-state index < -0.39 is 0 Å². The summed E-state index contributed by atoms with van der Waals surface area (Å²) in [6.07, 6.45) is 1.94. The van der Waals surface area contributed by atoms with Gasteiger partial charge < -0.3 is 5.32 Å². The molecular weight excluding hydrogens is 164 g/mol. The van der Waals surface area contributed by atoms with Crippen molar-refractivity contribution in [3.05, 3.63) is 0 Å². The van der Waals surface area contributed by atoms with Gasteiger partial charge in [-0.2, -0.15) is 28.8 Å². The van der Waals surface area contributed by atoms with E-state index in [1.165, 1.54) is 17.3 Å². The van der Waals surface area contributed by atoms with E-state index in [1.807, 2.05) is 29.7 Å². The molecule has 0 amide bonds. The van der Waals surface area contributed by atoms with Crippen molar-refractivity contribution in [2.24, 2.45) is 0 Å². The maximum Gasteiger partial charge on any atom is 0.176 e. The maximum atomic E-state index is 8.22. The number of nitrogens with one attached hydrogen (secondary N) is 1. The summed E-state index contributed by atoms with van der Waals surface area (Å²) in [6.45, 7) is 0.841. The number of nitrogens with zero attached hydrogens (tertiary/aromatic N) is 1. The molecule has 0 aromatic carbocycles. The molecule has 1 unspecified atom stereocenters. The molecule has 1 rings (SSSR count). The van der Waals surface area contributed by atoms with Crippen LogP contribution in [0.15, 0.2) is 0 Å². The average molecular weight is 174 g/mol. The number of nitriles is 1. The Kier molecular flexibility index (Phi) is 3.84. The predicted octanol–water partition coefficient (Wildman–Crippen LogP) is 0.906. The van der Waals surface area contributed by atoms with E-state index in [4.69, 9.17) is 5.26 Å². The smallest absolute Gasteiger partial charge is 0.176 e. The highest BCUT2D eigenvalue weighted by Gasteiger charge is 2.12. The topological polar surface area (TPSA) is 35.8 Å². The summed E-state index contributed by atoms with van der Waals surface area (Å²) in [7, 11) is 0. The molecule has 1 atom stereocenters. The fraction of sp³-hybridized carbons (Fsp3) is 0.833. The first-order valence-corrected chi connectivity index (χ1v) is 5.45. The van der Waals surface area contributed by atoms with E-state index in [9.17, 15) is 0 Å². The van der Waals surface area contributed by atoms with Crippen LogP contribution >= 0.6 is 23.5 Å². The Labute approximate surface area is 69.7 Å². The molecule has 1 N–H and O–H groups in total. The minimum Gasteiger partial charge on any atom is -0.323 e. The van der Waals surface area contributed by atoms with Gasteiger partial charge in [0, 0.05) is 29.1 Å². The van der Waals surface area contributed by atoms with Crippen LogP contribution in [0.1, 0.15) is 0 Å². The molecule has 0 radical (unpaired) electrons. The second-order valence-electron chi connectivity index (χ2n) is 2.06. The molecule has 56 valence electrons. The molecule has 1 fully saturated rings. The van der Waals surface area contributed by atoms with Crippen molar-refractivity contribution in [3.8, 4) is 6.19 Å². The van der Waals surface area contributed by atoms with Gasteiger partial charge in [-0.1, -0.05) is 0 Å². The Bertz CT molecular complexity index is 126. The lowest BCUT2D eigenvalue weighted by molar-refractivity contribution is 0.839. The van der Waals surface area contributed by atoms with Gasteiger partial charge in [-0.15, -0.1) is 0 Å². The minimum atomic E-state index is 0.651. The summed E-state index contributed by atoms with van der Waals surface area (Å²) in [5.41, 5.74) is 0. The Hall–Kier alpha value is -0.0100. The van der Waals surface area contributed by atoms with Crippen molar-refractivity contribution < 1.29 is 0 Å². The van der Waals surface area contributed by atoms with Gasteiger partial charge in [-0.3, -0.25) is 0 Å². The van der Waals surface area contributed by atoms with E-state index in [0.29, 0.717) is 5.25 Å². The van der Waals surface area contributed by atoms with Crippen molar-refractivity contribution in [1.82, 2.24) is 5.32 Å². The van der Waals surface area contributed by atoms with E-state index in [-0.39, 0.29) is 0 Å². The summed E-state index contributed by atoms with van der Waals surface area (Å²) >= 11 is 3.95. The van der Waals surface area contributed by atoms with Crippen LogP contribution < -0.4 is 5.32 Å². The van der Waals surface area contributed by atoms with E-state index in [0.717, 1.165) is 6.54 Å². The molecule has 1 saturated heterocycles. The lowest BCUT2D eigenvalue weighted by atomic mass is 10.5. The predicted molar refractivity (Wildman–Crippen MR) is 47.2 cm³/mol. The summed E-state index contributed by atoms with van der Waals surface area (Å²) in [6, 6.07) is 0. The largest absolute Gasteiger partial charge is 0.323 e. The molecule has 2 nitrogen and oxygen atoms in total. The van der Waals surface area contributed by atoms with E-state index >= 15 is 0 Å². The second-order valence-corrected chi connectivity index (χ2v) is 4.62. The van der Waals surface area contributed by atoms with Crippen LogP contribution in [-0.4, -0.2) is 29.1 Å². The minimum absolute atomic E-state index is 0.651. The van der Waals surface area contributed by atoms with E-state index in [2.05, 4.69) is 5.32 Å². The first-order valence-electron chi connectivity index (χ1n) is 3.25. The van der Waals surface area contributed by atoms with Gasteiger partial charge in [-0.05, 0) is 0 Å². The van der Waals surface area contributed by atoms with Gasteiger partial charge in [0.05, 0.1) is 0 Å². The highest BCUT2D eigenvalue weighted by Crippen LogP contribution is 2.22. The number of hydrogen-bond donors (Lipinski definition) is 1. The molecule has 0 aromatic rings. The van der Waals surface area contributed by atoms with Gasteiger partial charge in [0.15, 0.2) is 6.19 Å². The molecule has 0 bridgehead atoms. The first-order chi connectivity index (χ1) is 4.93. The van der Waals surface area contributed by atoms with Crippen LogP contribution in [0.2, 0.25) is 0 Å². The van der Waals surface area contributed by atoms with Crippen LogP contribution in [0.25, 0.3) is 0 Å². The first kappa shape index (κ1) is 8.09. The molecule has 1 aliphatic rings. The van der Waals surface area contributed by atoms with Crippen molar-refractivity contribution in [1.29, 1.82) is 5.26 Å². The third kappa shape index (κ3) is 2.72. The number of hydrogen-bond acceptors (Lipinski definition) is 4.